The second kappa shape index (κ2) is 14.4. The monoisotopic (exact) mass is 605 g/mol. The van der Waals surface area contributed by atoms with E-state index in [1.165, 1.54) is 10.8 Å². The first-order valence-electron chi connectivity index (χ1n) is 15.4. The lowest BCUT2D eigenvalue weighted by atomic mass is 9.96. The van der Waals surface area contributed by atoms with Crippen LogP contribution in [0, 0.1) is 5.92 Å². The molecule has 2 saturated heterocycles. The molecular formula is C33H43N5O4S. The van der Waals surface area contributed by atoms with E-state index < -0.39 is 12.0 Å². The van der Waals surface area contributed by atoms with Crippen molar-refractivity contribution in [2.75, 3.05) is 31.6 Å². The van der Waals surface area contributed by atoms with Crippen molar-refractivity contribution in [3.63, 3.8) is 0 Å². The lowest BCUT2D eigenvalue weighted by molar-refractivity contribution is -0.143. The minimum Gasteiger partial charge on any atom is -0.480 e. The second-order valence-corrected chi connectivity index (χ2v) is 12.8. The van der Waals surface area contributed by atoms with Crippen molar-refractivity contribution in [2.45, 2.75) is 70.1 Å². The van der Waals surface area contributed by atoms with E-state index in [4.69, 9.17) is 0 Å². The zero-order valence-electron chi connectivity index (χ0n) is 25.2. The third-order valence-corrected chi connectivity index (χ3v) is 9.73. The van der Waals surface area contributed by atoms with E-state index >= 15 is 0 Å². The maximum Gasteiger partial charge on any atom is 0.326 e. The van der Waals surface area contributed by atoms with Crippen LogP contribution in [0.3, 0.4) is 0 Å². The van der Waals surface area contributed by atoms with Crippen LogP contribution in [0.5, 0.6) is 0 Å². The molecule has 0 radical (unpaired) electrons. The fourth-order valence-electron chi connectivity index (χ4n) is 6.74. The minimum atomic E-state index is -0.993. The number of hydrogen-bond acceptors (Lipinski definition) is 6. The number of aromatic nitrogens is 2. The van der Waals surface area contributed by atoms with Crippen LogP contribution in [0.25, 0.3) is 10.8 Å². The summed E-state index contributed by atoms with van der Waals surface area (Å²) in [4.78, 5) is 47.4. The first kappa shape index (κ1) is 31.1. The maximum absolute atomic E-state index is 13.7. The number of thioether (sulfide) groups is 1. The van der Waals surface area contributed by atoms with Crippen molar-refractivity contribution in [3.8, 4) is 0 Å². The minimum absolute atomic E-state index is 0.0297. The fraction of sp³-hybridized carbons (Fsp3) is 0.515. The summed E-state index contributed by atoms with van der Waals surface area (Å²) >= 11 is 1.57. The summed E-state index contributed by atoms with van der Waals surface area (Å²) in [6, 6.07) is 13.5. The van der Waals surface area contributed by atoms with Gasteiger partial charge >= 0.3 is 5.97 Å². The van der Waals surface area contributed by atoms with Crippen molar-refractivity contribution in [1.82, 2.24) is 24.7 Å². The molecule has 230 valence electrons. The summed E-state index contributed by atoms with van der Waals surface area (Å²) in [7, 11) is 0. The van der Waals surface area contributed by atoms with Gasteiger partial charge < -0.3 is 19.9 Å². The number of nitrogens with zero attached hydrogens (tertiary/aromatic N) is 4. The summed E-state index contributed by atoms with van der Waals surface area (Å²) in [5.41, 5.74) is 2.05. The van der Waals surface area contributed by atoms with E-state index in [-0.39, 0.29) is 36.2 Å². The molecule has 10 heteroatoms. The topological polar surface area (TPSA) is 108 Å². The van der Waals surface area contributed by atoms with Gasteiger partial charge in [0.2, 0.25) is 11.8 Å². The molecule has 4 atom stereocenters. The molecular weight excluding hydrogens is 562 g/mol. The molecule has 43 heavy (non-hydrogen) atoms. The number of amides is 2. The number of carbonyl (C=O) groups is 3. The average molecular weight is 606 g/mol. The number of carboxylic acid groups (broad SMARTS) is 1. The van der Waals surface area contributed by atoms with Crippen LogP contribution in [-0.4, -0.2) is 92.0 Å². The molecule has 2 fully saturated rings. The van der Waals surface area contributed by atoms with E-state index in [1.807, 2.05) is 23.3 Å². The van der Waals surface area contributed by atoms with Gasteiger partial charge in [0, 0.05) is 37.6 Å². The summed E-state index contributed by atoms with van der Waals surface area (Å²) in [5, 5.41) is 14.9. The molecule has 0 unspecified atom stereocenters. The molecule has 2 amide bonds. The molecule has 5 rings (SSSR count). The molecule has 0 spiro atoms. The van der Waals surface area contributed by atoms with Crippen LogP contribution in [0.1, 0.15) is 50.3 Å². The lowest BCUT2D eigenvalue weighted by Crippen LogP contribution is -2.54. The van der Waals surface area contributed by atoms with Gasteiger partial charge in [-0.1, -0.05) is 49.7 Å². The normalized spacial score (nSPS) is 21.3. The third-order valence-electron chi connectivity index (χ3n) is 9.09. The van der Waals surface area contributed by atoms with Crippen LogP contribution < -0.4 is 5.32 Å². The molecule has 2 aliphatic heterocycles. The SMILES string of the molecule is CC[C@H]1CCN(C[C@@H]2CCCN2C(=O)Cc2cncn2Cc2ccc3ccccc3c2)[C@@H]1C(=O)N[C@@H](CCSC)C(=O)O. The first-order chi connectivity index (χ1) is 20.9. The van der Waals surface area contributed by atoms with Gasteiger partial charge in [-0.05, 0) is 72.6 Å². The van der Waals surface area contributed by atoms with Crippen molar-refractivity contribution >= 4 is 40.3 Å². The number of fused-ring (bicyclic) bond motifs is 1. The zero-order chi connectivity index (χ0) is 30.3. The Morgan fingerprint density at radius 2 is 1.93 bits per heavy atom. The predicted octanol–water partition coefficient (Wildman–Crippen LogP) is 4.04. The number of imidazole rings is 1. The molecule has 9 nitrogen and oxygen atoms in total. The van der Waals surface area contributed by atoms with Gasteiger partial charge in [0.1, 0.15) is 6.04 Å². The maximum atomic E-state index is 13.7. The van der Waals surface area contributed by atoms with Crippen LogP contribution in [0.2, 0.25) is 0 Å². The highest BCUT2D eigenvalue weighted by Gasteiger charge is 2.42. The molecule has 2 aromatic carbocycles. The Hall–Kier alpha value is -3.37. The van der Waals surface area contributed by atoms with Gasteiger partial charge in [-0.3, -0.25) is 14.5 Å². The molecule has 2 N–H and O–H groups in total. The van der Waals surface area contributed by atoms with Crippen LogP contribution in [-0.2, 0) is 27.3 Å². The highest BCUT2D eigenvalue weighted by atomic mass is 32.2. The quantitative estimate of drug-likeness (QED) is 0.303. The Morgan fingerprint density at radius 1 is 1.12 bits per heavy atom. The van der Waals surface area contributed by atoms with Crippen molar-refractivity contribution in [1.29, 1.82) is 0 Å². The summed E-state index contributed by atoms with van der Waals surface area (Å²) in [5.74, 6) is -0.273. The second-order valence-electron chi connectivity index (χ2n) is 11.8. The van der Waals surface area contributed by atoms with Gasteiger partial charge in [0.05, 0.1) is 18.8 Å². The van der Waals surface area contributed by atoms with Crippen molar-refractivity contribution in [2.24, 2.45) is 5.92 Å². The molecule has 2 aliphatic rings. The van der Waals surface area contributed by atoms with Crippen LogP contribution >= 0.6 is 11.8 Å². The number of carboxylic acids is 1. The number of aliphatic carboxylic acids is 1. The Labute approximate surface area is 258 Å². The molecule has 1 aromatic heterocycles. The van der Waals surface area contributed by atoms with E-state index in [1.54, 1.807) is 24.3 Å². The highest BCUT2D eigenvalue weighted by molar-refractivity contribution is 7.98. The Kier molecular flexibility index (Phi) is 10.4. The van der Waals surface area contributed by atoms with Gasteiger partial charge in [-0.15, -0.1) is 0 Å². The average Bonchev–Trinajstić information content (AvgIpc) is 3.75. The van der Waals surface area contributed by atoms with E-state index in [2.05, 4.69) is 57.0 Å². The van der Waals surface area contributed by atoms with Gasteiger partial charge in [-0.2, -0.15) is 11.8 Å². The largest absolute Gasteiger partial charge is 0.480 e. The van der Waals surface area contributed by atoms with E-state index in [0.717, 1.165) is 43.5 Å². The number of hydrogen-bond donors (Lipinski definition) is 2. The first-order valence-corrected chi connectivity index (χ1v) is 16.8. The molecule has 0 bridgehead atoms. The van der Waals surface area contributed by atoms with Crippen LogP contribution in [0.15, 0.2) is 55.0 Å². The highest BCUT2D eigenvalue weighted by Crippen LogP contribution is 2.30. The Bertz CT molecular complexity index is 1430. The Balaban J connectivity index is 1.23. The number of rotatable bonds is 13. The Morgan fingerprint density at radius 3 is 2.70 bits per heavy atom. The van der Waals surface area contributed by atoms with Crippen LogP contribution in [0.4, 0.5) is 0 Å². The van der Waals surface area contributed by atoms with Crippen molar-refractivity contribution in [3.05, 3.63) is 66.2 Å². The number of benzene rings is 2. The lowest BCUT2D eigenvalue weighted by Gasteiger charge is -2.33. The number of nitrogens with one attached hydrogen (secondary N) is 1. The standard InChI is InChI=1S/C33H43N5O4S/c1-3-24-12-15-36(31(24)32(40)35-29(33(41)42)13-16-43-2)21-27-9-6-14-38(27)30(39)18-28-19-34-22-37(28)20-23-10-11-25-7-4-5-8-26(25)17-23/h4-5,7-8,10-11,17,19,22,24,27,29,31H,3,6,9,12-16,18,20-21H2,1-2H3,(H,35,40)(H,41,42)/t24-,27-,29-,31-/m0/s1. The number of carbonyl (C=O) groups excluding carboxylic acids is 2. The summed E-state index contributed by atoms with van der Waals surface area (Å²) in [6.45, 7) is 4.84. The fourth-order valence-corrected chi connectivity index (χ4v) is 7.21. The van der Waals surface area contributed by atoms with Gasteiger partial charge in [0.25, 0.3) is 0 Å². The third kappa shape index (κ3) is 7.41. The van der Waals surface area contributed by atoms with Crippen molar-refractivity contribution < 1.29 is 19.5 Å². The van der Waals surface area contributed by atoms with E-state index in [9.17, 15) is 19.5 Å². The van der Waals surface area contributed by atoms with Gasteiger partial charge in [0.15, 0.2) is 0 Å². The summed E-state index contributed by atoms with van der Waals surface area (Å²) in [6.07, 6.45) is 9.76. The molecule has 0 saturated carbocycles. The molecule has 3 aromatic rings. The number of likely N-dealkylation sites (tertiary alicyclic amines) is 2. The predicted molar refractivity (Wildman–Crippen MR) is 170 cm³/mol. The van der Waals surface area contributed by atoms with E-state index in [0.29, 0.717) is 31.8 Å². The summed E-state index contributed by atoms with van der Waals surface area (Å²) < 4.78 is 2.05. The zero-order valence-corrected chi connectivity index (χ0v) is 26.0. The smallest absolute Gasteiger partial charge is 0.326 e. The van der Waals surface area contributed by atoms with Gasteiger partial charge in [-0.25, -0.2) is 9.78 Å². The molecule has 3 heterocycles. The molecule has 0 aliphatic carbocycles.